The first-order valence-electron chi connectivity index (χ1n) is 5.51. The van der Waals surface area contributed by atoms with E-state index in [0.717, 1.165) is 11.3 Å². The van der Waals surface area contributed by atoms with Crippen LogP contribution in [0.5, 0.6) is 0 Å². The molecular weight excluding hydrogens is 232 g/mol. The van der Waals surface area contributed by atoms with Crippen LogP contribution in [0.4, 0.5) is 0 Å². The third-order valence-corrected chi connectivity index (χ3v) is 3.44. The lowest BCUT2D eigenvalue weighted by Gasteiger charge is -2.18. The number of carbonyl (C=O) groups is 1. The van der Waals surface area contributed by atoms with Crippen LogP contribution in [0.15, 0.2) is 30.3 Å². The molecule has 0 saturated heterocycles. The average molecular weight is 250 g/mol. The van der Waals surface area contributed by atoms with Gasteiger partial charge in [0.1, 0.15) is 0 Å². The van der Waals surface area contributed by atoms with Gasteiger partial charge in [0.2, 0.25) is 0 Å². The van der Waals surface area contributed by atoms with Gasteiger partial charge in [-0.1, -0.05) is 45.0 Å². The summed E-state index contributed by atoms with van der Waals surface area (Å²) in [5.41, 5.74) is 2.15. The van der Waals surface area contributed by atoms with E-state index in [1.165, 1.54) is 11.6 Å². The maximum Gasteiger partial charge on any atom is 0.328 e. The van der Waals surface area contributed by atoms with Crippen molar-refractivity contribution in [2.24, 2.45) is 0 Å². The zero-order chi connectivity index (χ0) is 12.9. The van der Waals surface area contributed by atoms with Crippen LogP contribution in [0.3, 0.4) is 0 Å². The van der Waals surface area contributed by atoms with Crippen LogP contribution in [0.2, 0.25) is 0 Å². The molecule has 0 heterocycles. The molecule has 92 valence electrons. The molecule has 0 aliphatic heterocycles. The number of benzene rings is 1. The third kappa shape index (κ3) is 5.59. The van der Waals surface area contributed by atoms with E-state index in [4.69, 9.17) is 5.11 Å². The van der Waals surface area contributed by atoms with Gasteiger partial charge in [0, 0.05) is 16.6 Å². The summed E-state index contributed by atoms with van der Waals surface area (Å²) in [6, 6.07) is 7.89. The number of carboxylic acid groups (broad SMARTS) is 1. The lowest BCUT2D eigenvalue weighted by molar-refractivity contribution is -0.131. The van der Waals surface area contributed by atoms with Crippen LogP contribution >= 0.6 is 11.8 Å². The number of aliphatic carboxylic acids is 1. The van der Waals surface area contributed by atoms with Gasteiger partial charge in [-0.2, -0.15) is 11.8 Å². The highest BCUT2D eigenvalue weighted by Gasteiger charge is 2.11. The number of thioether (sulfide) groups is 1. The van der Waals surface area contributed by atoms with Crippen LogP contribution in [0.25, 0.3) is 6.08 Å². The molecule has 0 saturated carbocycles. The first-order valence-corrected chi connectivity index (χ1v) is 6.50. The first-order chi connectivity index (χ1) is 7.88. The van der Waals surface area contributed by atoms with Gasteiger partial charge in [0.05, 0.1) is 0 Å². The fourth-order valence-electron chi connectivity index (χ4n) is 1.28. The summed E-state index contributed by atoms with van der Waals surface area (Å²) in [6.45, 7) is 6.52. The predicted molar refractivity (Wildman–Crippen MR) is 74.2 cm³/mol. The maximum atomic E-state index is 10.5. The standard InChI is InChI=1S/C14H18O2S/c1-14(2,3)17-10-12-7-5-4-6-11(12)8-9-13(15)16/h4-9H,10H2,1-3H3,(H,15,16). The van der Waals surface area contributed by atoms with Crippen molar-refractivity contribution in [1.82, 2.24) is 0 Å². The fourth-order valence-corrected chi connectivity index (χ4v) is 2.13. The van der Waals surface area contributed by atoms with E-state index in [9.17, 15) is 4.79 Å². The molecule has 0 aliphatic carbocycles. The van der Waals surface area contributed by atoms with E-state index in [-0.39, 0.29) is 4.75 Å². The van der Waals surface area contributed by atoms with E-state index in [1.54, 1.807) is 6.08 Å². The van der Waals surface area contributed by atoms with Gasteiger partial charge in [-0.25, -0.2) is 4.79 Å². The van der Waals surface area contributed by atoms with Crippen molar-refractivity contribution in [3.63, 3.8) is 0 Å². The molecule has 0 amide bonds. The Kier molecular flexibility index (Phi) is 4.82. The van der Waals surface area contributed by atoms with Crippen LogP contribution in [0, 0.1) is 0 Å². The van der Waals surface area contributed by atoms with Crippen molar-refractivity contribution in [2.45, 2.75) is 31.3 Å². The van der Waals surface area contributed by atoms with E-state index < -0.39 is 5.97 Å². The number of hydrogen-bond donors (Lipinski definition) is 1. The SMILES string of the molecule is CC(C)(C)SCc1ccccc1C=CC(=O)O. The van der Waals surface area contributed by atoms with Crippen molar-refractivity contribution in [3.8, 4) is 0 Å². The number of carboxylic acids is 1. The Morgan fingerprint density at radius 1 is 1.35 bits per heavy atom. The quantitative estimate of drug-likeness (QED) is 0.825. The second-order valence-electron chi connectivity index (χ2n) is 4.77. The van der Waals surface area contributed by atoms with E-state index in [0.29, 0.717) is 0 Å². The topological polar surface area (TPSA) is 37.3 Å². The molecule has 0 fully saturated rings. The van der Waals surface area contributed by atoms with Gasteiger partial charge in [-0.05, 0) is 17.2 Å². The van der Waals surface area contributed by atoms with E-state index in [1.807, 2.05) is 36.0 Å². The molecule has 0 unspecified atom stereocenters. The van der Waals surface area contributed by atoms with Gasteiger partial charge in [-0.3, -0.25) is 0 Å². The molecule has 2 nitrogen and oxygen atoms in total. The Morgan fingerprint density at radius 2 is 2.00 bits per heavy atom. The monoisotopic (exact) mass is 250 g/mol. The van der Waals surface area contributed by atoms with Crippen LogP contribution in [-0.4, -0.2) is 15.8 Å². The summed E-state index contributed by atoms with van der Waals surface area (Å²) in [5.74, 6) is -0.0211. The number of hydrogen-bond acceptors (Lipinski definition) is 2. The summed E-state index contributed by atoms with van der Waals surface area (Å²) in [6.07, 6.45) is 2.83. The molecule has 0 spiro atoms. The molecule has 0 radical (unpaired) electrons. The van der Waals surface area contributed by atoms with Crippen molar-refractivity contribution in [1.29, 1.82) is 0 Å². The predicted octanol–water partition coefficient (Wildman–Crippen LogP) is 3.82. The molecule has 0 aromatic heterocycles. The minimum Gasteiger partial charge on any atom is -0.478 e. The molecule has 0 bridgehead atoms. The third-order valence-electron chi connectivity index (χ3n) is 2.12. The van der Waals surface area contributed by atoms with Gasteiger partial charge in [0.25, 0.3) is 0 Å². The molecule has 17 heavy (non-hydrogen) atoms. The van der Waals surface area contributed by atoms with Gasteiger partial charge in [-0.15, -0.1) is 0 Å². The van der Waals surface area contributed by atoms with Gasteiger partial charge < -0.3 is 5.11 Å². The molecule has 1 aromatic rings. The average Bonchev–Trinajstić information content (AvgIpc) is 2.23. The summed E-state index contributed by atoms with van der Waals surface area (Å²) < 4.78 is 0.212. The number of rotatable bonds is 4. The fraction of sp³-hybridized carbons (Fsp3) is 0.357. The van der Waals surface area contributed by atoms with Crippen LogP contribution in [-0.2, 0) is 10.5 Å². The van der Waals surface area contributed by atoms with Gasteiger partial charge >= 0.3 is 5.97 Å². The maximum absolute atomic E-state index is 10.5. The highest BCUT2D eigenvalue weighted by molar-refractivity contribution is 7.99. The smallest absolute Gasteiger partial charge is 0.328 e. The Hall–Kier alpha value is -1.22. The molecular formula is C14H18O2S. The summed E-state index contributed by atoms with van der Waals surface area (Å²) in [7, 11) is 0. The minimum atomic E-state index is -0.914. The zero-order valence-corrected chi connectivity index (χ0v) is 11.3. The van der Waals surface area contributed by atoms with E-state index >= 15 is 0 Å². The Bertz CT molecular complexity index is 416. The molecule has 1 N–H and O–H groups in total. The molecule has 0 atom stereocenters. The Morgan fingerprint density at radius 3 is 2.59 bits per heavy atom. The van der Waals surface area contributed by atoms with Crippen LogP contribution < -0.4 is 0 Å². The van der Waals surface area contributed by atoms with Crippen molar-refractivity contribution in [2.75, 3.05) is 0 Å². The Balaban J connectivity index is 2.81. The molecule has 0 aliphatic rings. The second kappa shape index (κ2) is 5.92. The van der Waals surface area contributed by atoms with E-state index in [2.05, 4.69) is 20.8 Å². The van der Waals surface area contributed by atoms with Gasteiger partial charge in [0.15, 0.2) is 0 Å². The highest BCUT2D eigenvalue weighted by atomic mass is 32.2. The first kappa shape index (κ1) is 13.8. The molecule has 1 aromatic carbocycles. The Labute approximate surface area is 107 Å². The van der Waals surface area contributed by atoms with Crippen molar-refractivity contribution >= 4 is 23.8 Å². The summed E-state index contributed by atoms with van der Waals surface area (Å²) >= 11 is 1.85. The lowest BCUT2D eigenvalue weighted by Crippen LogP contribution is -2.07. The zero-order valence-electron chi connectivity index (χ0n) is 10.4. The van der Waals surface area contributed by atoms with Crippen molar-refractivity contribution in [3.05, 3.63) is 41.5 Å². The normalized spacial score (nSPS) is 11.9. The minimum absolute atomic E-state index is 0.212. The summed E-state index contributed by atoms with van der Waals surface area (Å²) in [5, 5.41) is 8.63. The molecule has 1 rings (SSSR count). The highest BCUT2D eigenvalue weighted by Crippen LogP contribution is 2.28. The van der Waals surface area contributed by atoms with Crippen molar-refractivity contribution < 1.29 is 9.90 Å². The second-order valence-corrected chi connectivity index (χ2v) is 6.57. The largest absolute Gasteiger partial charge is 0.478 e. The lowest BCUT2D eigenvalue weighted by atomic mass is 10.1. The molecule has 3 heteroatoms. The summed E-state index contributed by atoms with van der Waals surface area (Å²) in [4.78, 5) is 10.5. The van der Waals surface area contributed by atoms with Crippen LogP contribution in [0.1, 0.15) is 31.9 Å².